The average molecular weight is 282 g/mol. The Balaban J connectivity index is 2.28. The molecule has 1 aromatic heterocycles. The number of halogens is 1. The van der Waals surface area contributed by atoms with E-state index in [4.69, 9.17) is 11.6 Å². The topological polar surface area (TPSA) is 29.0 Å². The summed E-state index contributed by atoms with van der Waals surface area (Å²) in [7, 11) is 0. The number of hydrogen-bond donors (Lipinski definition) is 0. The quantitative estimate of drug-likeness (QED) is 0.785. The molecule has 3 nitrogen and oxygen atoms in total. The van der Waals surface area contributed by atoms with Crippen LogP contribution in [-0.4, -0.2) is 22.6 Å². The Morgan fingerprint density at radius 3 is 2.74 bits per heavy atom. The number of anilines is 1. The van der Waals surface area contributed by atoms with E-state index >= 15 is 0 Å². The summed E-state index contributed by atoms with van der Waals surface area (Å²) >= 11 is 6.09. The van der Waals surface area contributed by atoms with Crippen LogP contribution < -0.4 is 4.90 Å². The van der Waals surface area contributed by atoms with E-state index in [1.54, 1.807) is 0 Å². The van der Waals surface area contributed by atoms with E-state index in [1.165, 1.54) is 12.8 Å². The third-order valence-corrected chi connectivity index (χ3v) is 4.21. The van der Waals surface area contributed by atoms with Gasteiger partial charge in [0, 0.05) is 18.5 Å². The van der Waals surface area contributed by atoms with Crippen molar-refractivity contribution < 1.29 is 0 Å². The zero-order chi connectivity index (χ0) is 14.0. The van der Waals surface area contributed by atoms with E-state index in [-0.39, 0.29) is 0 Å². The van der Waals surface area contributed by atoms with Crippen molar-refractivity contribution in [1.82, 2.24) is 9.97 Å². The zero-order valence-corrected chi connectivity index (χ0v) is 13.1. The van der Waals surface area contributed by atoms with Gasteiger partial charge in [-0.2, -0.15) is 0 Å². The van der Waals surface area contributed by atoms with Crippen LogP contribution in [0.4, 0.5) is 5.69 Å². The van der Waals surface area contributed by atoms with Crippen LogP contribution in [0.25, 0.3) is 0 Å². The van der Waals surface area contributed by atoms with Gasteiger partial charge in [0.2, 0.25) is 0 Å². The molecule has 4 heteroatoms. The van der Waals surface area contributed by atoms with Gasteiger partial charge in [0.1, 0.15) is 5.82 Å². The molecule has 2 rings (SSSR count). The highest BCUT2D eigenvalue weighted by atomic mass is 35.5. The molecule has 19 heavy (non-hydrogen) atoms. The maximum absolute atomic E-state index is 6.09. The summed E-state index contributed by atoms with van der Waals surface area (Å²) in [6.45, 7) is 9.91. The van der Waals surface area contributed by atoms with Gasteiger partial charge >= 0.3 is 0 Å². The van der Waals surface area contributed by atoms with Crippen LogP contribution >= 0.6 is 11.6 Å². The molecule has 0 spiro atoms. The number of rotatable bonds is 3. The molecule has 2 unspecified atom stereocenters. The summed E-state index contributed by atoms with van der Waals surface area (Å²) in [4.78, 5) is 11.6. The molecule has 0 bridgehead atoms. The van der Waals surface area contributed by atoms with E-state index in [0.717, 1.165) is 29.7 Å². The molecule has 0 N–H and O–H groups in total. The summed E-state index contributed by atoms with van der Waals surface area (Å²) in [5, 5.41) is 0. The Bertz CT molecular complexity index is 433. The monoisotopic (exact) mass is 281 g/mol. The number of nitrogens with zero attached hydrogens (tertiary/aromatic N) is 3. The molecule has 0 aliphatic carbocycles. The molecule has 1 aliphatic heterocycles. The highest BCUT2D eigenvalue weighted by Gasteiger charge is 2.25. The second-order valence-electron chi connectivity index (χ2n) is 6.02. The van der Waals surface area contributed by atoms with Gasteiger partial charge in [0.25, 0.3) is 0 Å². The minimum absolute atomic E-state index is 0.342. The first-order valence-corrected chi connectivity index (χ1v) is 7.74. The maximum Gasteiger partial charge on any atom is 0.131 e. The Hall–Kier alpha value is -0.830. The summed E-state index contributed by atoms with van der Waals surface area (Å²) in [6, 6.07) is 0.541. The normalized spacial score (nSPS) is 24.0. The van der Waals surface area contributed by atoms with Crippen molar-refractivity contribution in [3.8, 4) is 0 Å². The summed E-state index contributed by atoms with van der Waals surface area (Å²) in [5.74, 6) is 2.49. The van der Waals surface area contributed by atoms with Gasteiger partial charge in [0.05, 0.1) is 23.5 Å². The van der Waals surface area contributed by atoms with E-state index < -0.39 is 0 Å². The Morgan fingerprint density at radius 2 is 2.16 bits per heavy atom. The summed E-state index contributed by atoms with van der Waals surface area (Å²) in [6.07, 6.45) is 4.43. The molecule has 2 heterocycles. The predicted octanol–water partition coefficient (Wildman–Crippen LogP) is 3.96. The fraction of sp³-hybridized carbons (Fsp3) is 0.733. The van der Waals surface area contributed by atoms with Gasteiger partial charge in [0.15, 0.2) is 0 Å². The number of alkyl halides is 1. The van der Waals surface area contributed by atoms with E-state index in [1.807, 2.05) is 6.20 Å². The molecule has 1 saturated heterocycles. The zero-order valence-electron chi connectivity index (χ0n) is 12.4. The first-order chi connectivity index (χ1) is 9.02. The first-order valence-electron chi connectivity index (χ1n) is 7.21. The molecule has 1 aromatic rings. The van der Waals surface area contributed by atoms with Crippen LogP contribution in [0, 0.1) is 5.92 Å². The minimum Gasteiger partial charge on any atom is -0.366 e. The van der Waals surface area contributed by atoms with Crippen LogP contribution in [0.3, 0.4) is 0 Å². The van der Waals surface area contributed by atoms with Crippen LogP contribution in [0.1, 0.15) is 58.0 Å². The molecule has 0 amide bonds. The van der Waals surface area contributed by atoms with E-state index in [2.05, 4.69) is 42.6 Å². The molecule has 2 atom stereocenters. The van der Waals surface area contributed by atoms with E-state index in [9.17, 15) is 0 Å². The van der Waals surface area contributed by atoms with Crippen molar-refractivity contribution in [3.05, 3.63) is 17.7 Å². The average Bonchev–Trinajstić information content (AvgIpc) is 2.38. The fourth-order valence-corrected chi connectivity index (χ4v) is 3.00. The van der Waals surface area contributed by atoms with Gasteiger partial charge in [-0.05, 0) is 25.7 Å². The molecule has 1 aliphatic rings. The highest BCUT2D eigenvalue weighted by Crippen LogP contribution is 2.30. The summed E-state index contributed by atoms with van der Waals surface area (Å²) in [5.41, 5.74) is 2.10. The number of piperidine rings is 1. The third kappa shape index (κ3) is 3.19. The molecular weight excluding hydrogens is 258 g/mol. The molecular formula is C15H24ClN3. The van der Waals surface area contributed by atoms with Gasteiger partial charge in [-0.25, -0.2) is 9.97 Å². The molecule has 1 fully saturated rings. The molecule has 0 aromatic carbocycles. The second kappa shape index (κ2) is 6.08. The van der Waals surface area contributed by atoms with Crippen molar-refractivity contribution >= 4 is 17.3 Å². The van der Waals surface area contributed by atoms with Crippen molar-refractivity contribution in [1.29, 1.82) is 0 Å². The van der Waals surface area contributed by atoms with Gasteiger partial charge in [-0.15, -0.1) is 11.6 Å². The lowest BCUT2D eigenvalue weighted by atomic mass is 9.93. The lowest BCUT2D eigenvalue weighted by molar-refractivity contribution is 0.377. The Labute approximate surface area is 121 Å². The second-order valence-corrected chi connectivity index (χ2v) is 6.29. The smallest absolute Gasteiger partial charge is 0.131 e. The van der Waals surface area contributed by atoms with Crippen LogP contribution in [0.2, 0.25) is 0 Å². The lowest BCUT2D eigenvalue weighted by Gasteiger charge is -2.38. The van der Waals surface area contributed by atoms with Crippen LogP contribution in [0.15, 0.2) is 6.20 Å². The minimum atomic E-state index is 0.342. The standard InChI is InChI=1S/C15H24ClN3/c1-10(2)15-17-9-14(13(8-16)18-15)19-6-5-11(3)7-12(19)4/h9-12H,5-8H2,1-4H3. The first kappa shape index (κ1) is 14.6. The third-order valence-electron chi connectivity index (χ3n) is 3.96. The van der Waals surface area contributed by atoms with Gasteiger partial charge in [-0.3, -0.25) is 0 Å². The predicted molar refractivity (Wildman–Crippen MR) is 80.9 cm³/mol. The number of hydrogen-bond acceptors (Lipinski definition) is 3. The molecule has 106 valence electrons. The van der Waals surface area contributed by atoms with Gasteiger partial charge in [-0.1, -0.05) is 20.8 Å². The van der Waals surface area contributed by atoms with Crippen molar-refractivity contribution in [3.63, 3.8) is 0 Å². The van der Waals surface area contributed by atoms with Gasteiger partial charge < -0.3 is 4.90 Å². The van der Waals surface area contributed by atoms with Crippen LogP contribution in [0.5, 0.6) is 0 Å². The fourth-order valence-electron chi connectivity index (χ4n) is 2.81. The van der Waals surface area contributed by atoms with E-state index in [0.29, 0.717) is 17.8 Å². The summed E-state index contributed by atoms with van der Waals surface area (Å²) < 4.78 is 0. The highest BCUT2D eigenvalue weighted by molar-refractivity contribution is 6.17. The maximum atomic E-state index is 6.09. The lowest BCUT2D eigenvalue weighted by Crippen LogP contribution is -2.41. The van der Waals surface area contributed by atoms with Crippen molar-refractivity contribution in [2.24, 2.45) is 5.92 Å². The van der Waals surface area contributed by atoms with Crippen molar-refractivity contribution in [2.75, 3.05) is 11.4 Å². The largest absolute Gasteiger partial charge is 0.366 e. The van der Waals surface area contributed by atoms with Crippen molar-refractivity contribution in [2.45, 2.75) is 58.4 Å². The molecule has 0 radical (unpaired) electrons. The Morgan fingerprint density at radius 1 is 1.42 bits per heavy atom. The Kier molecular flexibility index (Phi) is 4.67. The SMILES string of the molecule is CC1CCN(c2cnc(C(C)C)nc2CCl)C(C)C1. The number of aromatic nitrogens is 2. The van der Waals surface area contributed by atoms with Crippen LogP contribution in [-0.2, 0) is 5.88 Å². The molecule has 0 saturated carbocycles.